The second-order valence-electron chi connectivity index (χ2n) is 7.35. The molecule has 0 fully saturated rings. The quantitative estimate of drug-likeness (QED) is 0.463. The standard InChI is InChI=1S/C24H28N2O5/c1-16(2)31-14-8-13-26-23(27)21(17-9-6-5-7-10-17)22(24(26)28)25-18-11-12-19(29-3)20(15-18)30-4/h5-7,9-12,15-16,25H,8,13-14H2,1-4H3. The van der Waals surface area contributed by atoms with Gasteiger partial charge in [-0.2, -0.15) is 0 Å². The number of benzene rings is 2. The predicted molar refractivity (Wildman–Crippen MR) is 119 cm³/mol. The van der Waals surface area contributed by atoms with Gasteiger partial charge >= 0.3 is 0 Å². The Morgan fingerprint density at radius 3 is 2.29 bits per heavy atom. The van der Waals surface area contributed by atoms with Crippen LogP contribution < -0.4 is 14.8 Å². The van der Waals surface area contributed by atoms with Gasteiger partial charge in [0.05, 0.1) is 25.9 Å². The molecule has 0 aromatic heterocycles. The Morgan fingerprint density at radius 1 is 0.935 bits per heavy atom. The highest BCUT2D eigenvalue weighted by molar-refractivity contribution is 6.36. The molecule has 31 heavy (non-hydrogen) atoms. The van der Waals surface area contributed by atoms with Crippen molar-refractivity contribution in [2.24, 2.45) is 0 Å². The Bertz CT molecular complexity index is 969. The van der Waals surface area contributed by atoms with Crippen LogP contribution >= 0.6 is 0 Å². The topological polar surface area (TPSA) is 77.1 Å². The molecule has 0 saturated heterocycles. The summed E-state index contributed by atoms with van der Waals surface area (Å²) >= 11 is 0. The van der Waals surface area contributed by atoms with Gasteiger partial charge < -0.3 is 19.5 Å². The van der Waals surface area contributed by atoms with Gasteiger partial charge in [0.15, 0.2) is 11.5 Å². The van der Waals surface area contributed by atoms with Gasteiger partial charge in [-0.25, -0.2) is 0 Å². The van der Waals surface area contributed by atoms with E-state index >= 15 is 0 Å². The molecule has 164 valence electrons. The van der Waals surface area contributed by atoms with Crippen molar-refractivity contribution in [2.45, 2.75) is 26.4 Å². The van der Waals surface area contributed by atoms with E-state index in [1.165, 1.54) is 4.90 Å². The summed E-state index contributed by atoms with van der Waals surface area (Å²) in [6, 6.07) is 14.4. The van der Waals surface area contributed by atoms with Crippen molar-refractivity contribution in [3.63, 3.8) is 0 Å². The van der Waals surface area contributed by atoms with Crippen molar-refractivity contribution >= 4 is 23.1 Å². The van der Waals surface area contributed by atoms with Crippen LogP contribution in [-0.2, 0) is 14.3 Å². The molecule has 1 aliphatic heterocycles. The maximum Gasteiger partial charge on any atom is 0.278 e. The van der Waals surface area contributed by atoms with E-state index in [4.69, 9.17) is 14.2 Å². The summed E-state index contributed by atoms with van der Waals surface area (Å²) in [5.41, 5.74) is 1.90. The second kappa shape index (κ2) is 10.1. The summed E-state index contributed by atoms with van der Waals surface area (Å²) < 4.78 is 16.2. The van der Waals surface area contributed by atoms with Gasteiger partial charge in [-0.3, -0.25) is 14.5 Å². The molecule has 1 heterocycles. The lowest BCUT2D eigenvalue weighted by molar-refractivity contribution is -0.137. The third-order valence-electron chi connectivity index (χ3n) is 4.86. The minimum atomic E-state index is -0.358. The fraction of sp³-hybridized carbons (Fsp3) is 0.333. The zero-order valence-corrected chi connectivity index (χ0v) is 18.3. The van der Waals surface area contributed by atoms with Crippen LogP contribution in [0.1, 0.15) is 25.8 Å². The number of ether oxygens (including phenoxy) is 3. The van der Waals surface area contributed by atoms with E-state index < -0.39 is 0 Å². The number of hydrogen-bond donors (Lipinski definition) is 1. The van der Waals surface area contributed by atoms with Crippen LogP contribution in [0.25, 0.3) is 5.57 Å². The number of hydrogen-bond acceptors (Lipinski definition) is 6. The van der Waals surface area contributed by atoms with Gasteiger partial charge in [0, 0.05) is 24.9 Å². The minimum absolute atomic E-state index is 0.102. The van der Waals surface area contributed by atoms with E-state index in [1.807, 2.05) is 44.2 Å². The predicted octanol–water partition coefficient (Wildman–Crippen LogP) is 3.71. The van der Waals surface area contributed by atoms with Gasteiger partial charge in [0.1, 0.15) is 5.70 Å². The van der Waals surface area contributed by atoms with Gasteiger partial charge in [0.25, 0.3) is 11.8 Å². The van der Waals surface area contributed by atoms with Crippen LogP contribution in [-0.4, -0.2) is 50.2 Å². The van der Waals surface area contributed by atoms with Crippen molar-refractivity contribution < 1.29 is 23.8 Å². The fourth-order valence-electron chi connectivity index (χ4n) is 3.37. The van der Waals surface area contributed by atoms with E-state index in [1.54, 1.807) is 32.4 Å². The van der Waals surface area contributed by atoms with Crippen molar-refractivity contribution in [2.75, 3.05) is 32.7 Å². The molecule has 3 rings (SSSR count). The van der Waals surface area contributed by atoms with E-state index in [0.29, 0.717) is 41.4 Å². The molecule has 2 amide bonds. The Balaban J connectivity index is 1.90. The third-order valence-corrected chi connectivity index (χ3v) is 4.86. The molecule has 0 spiro atoms. The van der Waals surface area contributed by atoms with Crippen LogP contribution in [0.5, 0.6) is 11.5 Å². The van der Waals surface area contributed by atoms with Gasteiger partial charge in [-0.05, 0) is 38.0 Å². The Hall–Kier alpha value is -3.32. The molecular weight excluding hydrogens is 396 g/mol. The van der Waals surface area contributed by atoms with Crippen molar-refractivity contribution in [3.8, 4) is 11.5 Å². The molecule has 0 saturated carbocycles. The smallest absolute Gasteiger partial charge is 0.278 e. The Kier molecular flexibility index (Phi) is 7.31. The molecule has 1 N–H and O–H groups in total. The number of methoxy groups -OCH3 is 2. The molecule has 7 nitrogen and oxygen atoms in total. The average molecular weight is 424 g/mol. The van der Waals surface area contributed by atoms with Crippen molar-refractivity contribution in [1.29, 1.82) is 0 Å². The number of carbonyl (C=O) groups is 2. The molecule has 2 aromatic carbocycles. The van der Waals surface area contributed by atoms with Crippen LogP contribution in [0.15, 0.2) is 54.2 Å². The summed E-state index contributed by atoms with van der Waals surface area (Å²) in [5, 5.41) is 3.14. The number of imide groups is 1. The van der Waals surface area contributed by atoms with Crippen molar-refractivity contribution in [3.05, 3.63) is 59.8 Å². The van der Waals surface area contributed by atoms with Crippen molar-refractivity contribution in [1.82, 2.24) is 4.90 Å². The van der Waals surface area contributed by atoms with Gasteiger partial charge in [0.2, 0.25) is 0 Å². The van der Waals surface area contributed by atoms with Gasteiger partial charge in [-0.1, -0.05) is 30.3 Å². The maximum absolute atomic E-state index is 13.2. The molecule has 0 bridgehead atoms. The maximum atomic E-state index is 13.2. The highest BCUT2D eigenvalue weighted by atomic mass is 16.5. The van der Waals surface area contributed by atoms with Crippen LogP contribution in [0, 0.1) is 0 Å². The molecule has 7 heteroatoms. The first-order valence-corrected chi connectivity index (χ1v) is 10.2. The zero-order chi connectivity index (χ0) is 22.4. The minimum Gasteiger partial charge on any atom is -0.493 e. The molecule has 1 aliphatic rings. The number of nitrogens with zero attached hydrogens (tertiary/aromatic N) is 1. The Morgan fingerprint density at radius 2 is 1.65 bits per heavy atom. The number of carbonyl (C=O) groups excluding carboxylic acids is 2. The zero-order valence-electron chi connectivity index (χ0n) is 18.3. The largest absolute Gasteiger partial charge is 0.493 e. The molecule has 0 atom stereocenters. The van der Waals surface area contributed by atoms with E-state index in [2.05, 4.69) is 5.32 Å². The molecular formula is C24H28N2O5. The van der Waals surface area contributed by atoms with Gasteiger partial charge in [-0.15, -0.1) is 0 Å². The Labute approximate surface area is 182 Å². The molecule has 0 radical (unpaired) electrons. The number of anilines is 1. The lowest BCUT2D eigenvalue weighted by atomic mass is 10.0. The highest BCUT2D eigenvalue weighted by Crippen LogP contribution is 2.34. The van der Waals surface area contributed by atoms with E-state index in [0.717, 1.165) is 0 Å². The fourth-order valence-corrected chi connectivity index (χ4v) is 3.37. The highest BCUT2D eigenvalue weighted by Gasteiger charge is 2.38. The SMILES string of the molecule is COc1ccc(NC2=C(c3ccccc3)C(=O)N(CCCOC(C)C)C2=O)cc1OC. The first kappa shape index (κ1) is 22.4. The monoisotopic (exact) mass is 424 g/mol. The summed E-state index contributed by atoms with van der Waals surface area (Å²) in [6.45, 7) is 4.67. The second-order valence-corrected chi connectivity index (χ2v) is 7.35. The summed E-state index contributed by atoms with van der Waals surface area (Å²) in [6.07, 6.45) is 0.673. The number of amides is 2. The van der Waals surface area contributed by atoms with E-state index in [9.17, 15) is 9.59 Å². The number of nitrogens with one attached hydrogen (secondary N) is 1. The molecule has 0 aliphatic carbocycles. The third kappa shape index (κ3) is 5.06. The van der Waals surface area contributed by atoms with E-state index in [-0.39, 0.29) is 30.2 Å². The molecule has 2 aromatic rings. The summed E-state index contributed by atoms with van der Waals surface area (Å²) in [4.78, 5) is 27.7. The molecule has 0 unspecified atom stereocenters. The van der Waals surface area contributed by atoms with Crippen LogP contribution in [0.3, 0.4) is 0 Å². The average Bonchev–Trinajstić information content (AvgIpc) is 3.00. The summed E-state index contributed by atoms with van der Waals surface area (Å²) in [7, 11) is 3.10. The summed E-state index contributed by atoms with van der Waals surface area (Å²) in [5.74, 6) is 0.423. The lowest BCUT2D eigenvalue weighted by Gasteiger charge is -2.16. The lowest BCUT2D eigenvalue weighted by Crippen LogP contribution is -2.34. The normalized spacial score (nSPS) is 13.9. The first-order valence-electron chi connectivity index (χ1n) is 10.2. The first-order chi connectivity index (χ1) is 15.0. The van der Waals surface area contributed by atoms with Crippen LogP contribution in [0.4, 0.5) is 5.69 Å². The number of rotatable bonds is 10. The van der Waals surface area contributed by atoms with Crippen LogP contribution in [0.2, 0.25) is 0 Å².